The van der Waals surface area contributed by atoms with Gasteiger partial charge in [0.25, 0.3) is 0 Å². The summed E-state index contributed by atoms with van der Waals surface area (Å²) >= 11 is 0. The Balaban J connectivity index is 2.24. The maximum absolute atomic E-state index is 11.6. The van der Waals surface area contributed by atoms with E-state index in [1.54, 1.807) is 0 Å². The Kier molecular flexibility index (Phi) is 7.52. The Morgan fingerprint density at radius 2 is 2.19 bits per heavy atom. The minimum absolute atomic E-state index is 0.00804. The Bertz CT molecular complexity index is 368. The third-order valence-corrected chi connectivity index (χ3v) is 3.33. The van der Waals surface area contributed by atoms with Gasteiger partial charge in [-0.2, -0.15) is 0 Å². The van der Waals surface area contributed by atoms with Crippen LogP contribution in [0.2, 0.25) is 0 Å². The fourth-order valence-corrected chi connectivity index (χ4v) is 2.03. The Hall–Kier alpha value is -1.83. The molecule has 0 spiro atoms. The van der Waals surface area contributed by atoms with E-state index in [1.165, 1.54) is 7.11 Å². The predicted molar refractivity (Wildman–Crippen MR) is 72.8 cm³/mol. The monoisotopic (exact) mass is 302 g/mol. The molecule has 1 saturated heterocycles. The van der Waals surface area contributed by atoms with E-state index in [9.17, 15) is 14.4 Å². The number of carboxylic acid groups (broad SMARTS) is 1. The lowest BCUT2D eigenvalue weighted by Crippen LogP contribution is -2.46. The lowest BCUT2D eigenvalue weighted by Gasteiger charge is -2.15. The lowest BCUT2D eigenvalue weighted by atomic mass is 10.1. The minimum atomic E-state index is -1.18. The second-order valence-electron chi connectivity index (χ2n) is 4.92. The highest BCUT2D eigenvalue weighted by Gasteiger charge is 2.21. The van der Waals surface area contributed by atoms with Crippen LogP contribution < -0.4 is 10.6 Å². The van der Waals surface area contributed by atoms with Gasteiger partial charge in [0.2, 0.25) is 0 Å². The molecule has 21 heavy (non-hydrogen) atoms. The van der Waals surface area contributed by atoms with Gasteiger partial charge in [-0.05, 0) is 25.2 Å². The molecule has 1 rings (SSSR count). The van der Waals surface area contributed by atoms with Gasteiger partial charge in [-0.3, -0.25) is 4.79 Å². The molecule has 1 aliphatic heterocycles. The second kappa shape index (κ2) is 9.17. The van der Waals surface area contributed by atoms with Crippen LogP contribution in [-0.4, -0.2) is 56.0 Å². The summed E-state index contributed by atoms with van der Waals surface area (Å²) in [6, 6.07) is -1.66. The number of hydrogen-bond donors (Lipinski definition) is 3. The highest BCUT2D eigenvalue weighted by Crippen LogP contribution is 2.15. The van der Waals surface area contributed by atoms with Crippen molar-refractivity contribution in [1.82, 2.24) is 10.6 Å². The SMILES string of the molecule is COC(=O)CC[C@@H](NC(=O)NCCC1CCOC1)C(=O)O. The first-order valence-electron chi connectivity index (χ1n) is 6.94. The number of ether oxygens (including phenoxy) is 2. The molecule has 0 aliphatic carbocycles. The summed E-state index contributed by atoms with van der Waals surface area (Å²) < 4.78 is 9.66. The number of carbonyl (C=O) groups is 3. The number of carboxylic acids is 1. The lowest BCUT2D eigenvalue weighted by molar-refractivity contribution is -0.142. The average Bonchev–Trinajstić information content (AvgIpc) is 2.95. The van der Waals surface area contributed by atoms with Gasteiger partial charge in [0.15, 0.2) is 0 Å². The van der Waals surface area contributed by atoms with Crippen LogP contribution in [0.1, 0.15) is 25.7 Å². The largest absolute Gasteiger partial charge is 0.480 e. The van der Waals surface area contributed by atoms with Crippen LogP contribution in [0.15, 0.2) is 0 Å². The van der Waals surface area contributed by atoms with Crippen LogP contribution in [0, 0.1) is 5.92 Å². The van der Waals surface area contributed by atoms with Crippen molar-refractivity contribution in [2.45, 2.75) is 31.7 Å². The molecule has 2 amide bonds. The maximum atomic E-state index is 11.6. The zero-order valence-electron chi connectivity index (χ0n) is 12.1. The molecule has 0 aromatic heterocycles. The topological polar surface area (TPSA) is 114 Å². The highest BCUT2D eigenvalue weighted by atomic mass is 16.5. The van der Waals surface area contributed by atoms with Gasteiger partial charge in [-0.15, -0.1) is 0 Å². The summed E-state index contributed by atoms with van der Waals surface area (Å²) in [6.07, 6.45) is 1.71. The van der Waals surface area contributed by atoms with Gasteiger partial charge < -0.3 is 25.2 Å². The Morgan fingerprint density at radius 3 is 2.76 bits per heavy atom. The quantitative estimate of drug-likeness (QED) is 0.549. The number of esters is 1. The molecule has 1 unspecified atom stereocenters. The number of hydrogen-bond acceptors (Lipinski definition) is 5. The zero-order chi connectivity index (χ0) is 15.7. The molecular formula is C13H22N2O6. The van der Waals surface area contributed by atoms with E-state index in [0.717, 1.165) is 19.4 Å². The maximum Gasteiger partial charge on any atom is 0.326 e. The van der Waals surface area contributed by atoms with Crippen molar-refractivity contribution < 1.29 is 29.0 Å². The first-order valence-corrected chi connectivity index (χ1v) is 6.94. The number of rotatable bonds is 8. The number of amides is 2. The minimum Gasteiger partial charge on any atom is -0.480 e. The molecule has 120 valence electrons. The number of methoxy groups -OCH3 is 1. The smallest absolute Gasteiger partial charge is 0.326 e. The summed E-state index contributed by atoms with van der Waals surface area (Å²) in [5.74, 6) is -1.25. The number of nitrogens with one attached hydrogen (secondary N) is 2. The Labute approximate surface area is 123 Å². The molecule has 0 aromatic rings. The van der Waals surface area contributed by atoms with Crippen LogP contribution >= 0.6 is 0 Å². The van der Waals surface area contributed by atoms with Gasteiger partial charge in [-0.1, -0.05) is 0 Å². The predicted octanol–water partition coefficient (Wildman–Crippen LogP) is 0.119. The molecule has 0 saturated carbocycles. The van der Waals surface area contributed by atoms with Gasteiger partial charge in [0, 0.05) is 26.2 Å². The van der Waals surface area contributed by atoms with E-state index in [-0.39, 0.29) is 12.8 Å². The summed E-state index contributed by atoms with van der Waals surface area (Å²) in [4.78, 5) is 33.6. The average molecular weight is 302 g/mol. The van der Waals surface area contributed by atoms with Crippen molar-refractivity contribution in [3.05, 3.63) is 0 Å². The number of carbonyl (C=O) groups excluding carboxylic acids is 2. The molecule has 3 N–H and O–H groups in total. The van der Waals surface area contributed by atoms with E-state index in [0.29, 0.717) is 19.1 Å². The van der Waals surface area contributed by atoms with E-state index in [2.05, 4.69) is 15.4 Å². The van der Waals surface area contributed by atoms with Crippen LogP contribution in [0.4, 0.5) is 4.79 Å². The van der Waals surface area contributed by atoms with Crippen LogP contribution in [0.3, 0.4) is 0 Å². The van der Waals surface area contributed by atoms with E-state index >= 15 is 0 Å². The molecule has 0 radical (unpaired) electrons. The van der Waals surface area contributed by atoms with E-state index in [4.69, 9.17) is 9.84 Å². The third-order valence-electron chi connectivity index (χ3n) is 3.33. The molecule has 8 heteroatoms. The molecular weight excluding hydrogens is 280 g/mol. The zero-order valence-corrected chi connectivity index (χ0v) is 12.1. The van der Waals surface area contributed by atoms with Crippen molar-refractivity contribution in [3.8, 4) is 0 Å². The van der Waals surface area contributed by atoms with Crippen molar-refractivity contribution in [2.24, 2.45) is 5.92 Å². The van der Waals surface area contributed by atoms with Gasteiger partial charge in [0.1, 0.15) is 6.04 Å². The summed E-state index contributed by atoms with van der Waals surface area (Å²) in [7, 11) is 1.23. The van der Waals surface area contributed by atoms with Gasteiger partial charge in [0.05, 0.1) is 7.11 Å². The fourth-order valence-electron chi connectivity index (χ4n) is 2.03. The van der Waals surface area contributed by atoms with Crippen LogP contribution in [0.5, 0.6) is 0 Å². The molecule has 8 nitrogen and oxygen atoms in total. The highest BCUT2D eigenvalue weighted by molar-refractivity contribution is 5.83. The summed E-state index contributed by atoms with van der Waals surface area (Å²) in [6.45, 7) is 1.93. The van der Waals surface area contributed by atoms with Crippen molar-refractivity contribution in [2.75, 3.05) is 26.9 Å². The molecule has 1 aliphatic rings. The van der Waals surface area contributed by atoms with E-state index < -0.39 is 24.0 Å². The number of urea groups is 1. The van der Waals surface area contributed by atoms with Gasteiger partial charge in [-0.25, -0.2) is 9.59 Å². The molecule has 0 bridgehead atoms. The molecule has 1 fully saturated rings. The molecule has 2 atom stereocenters. The van der Waals surface area contributed by atoms with Gasteiger partial charge >= 0.3 is 18.0 Å². The van der Waals surface area contributed by atoms with Crippen LogP contribution in [-0.2, 0) is 19.1 Å². The van der Waals surface area contributed by atoms with E-state index in [1.807, 2.05) is 0 Å². The van der Waals surface area contributed by atoms with Crippen molar-refractivity contribution in [3.63, 3.8) is 0 Å². The fraction of sp³-hybridized carbons (Fsp3) is 0.769. The molecule has 0 aromatic carbocycles. The first-order chi connectivity index (χ1) is 10.0. The van der Waals surface area contributed by atoms with Crippen LogP contribution in [0.25, 0.3) is 0 Å². The van der Waals surface area contributed by atoms with Crippen molar-refractivity contribution >= 4 is 18.0 Å². The van der Waals surface area contributed by atoms with Crippen molar-refractivity contribution in [1.29, 1.82) is 0 Å². The summed E-state index contributed by atoms with van der Waals surface area (Å²) in [5, 5.41) is 13.9. The number of aliphatic carboxylic acids is 1. The Morgan fingerprint density at radius 1 is 1.43 bits per heavy atom. The first kappa shape index (κ1) is 17.2. The summed E-state index contributed by atoms with van der Waals surface area (Å²) in [5.41, 5.74) is 0. The second-order valence-corrected chi connectivity index (χ2v) is 4.92. The normalized spacial score (nSPS) is 18.8. The standard InChI is InChI=1S/C13H22N2O6/c1-20-11(16)3-2-10(12(17)18)15-13(19)14-6-4-9-5-7-21-8-9/h9-10H,2-8H2,1H3,(H,17,18)(H2,14,15,19)/t9?,10-/m1/s1. The third kappa shape index (κ3) is 6.94. The molecule has 1 heterocycles.